The van der Waals surface area contributed by atoms with Crippen molar-refractivity contribution >= 4 is 34.0 Å². The largest absolute Gasteiger partial charge is 0.443 e. The summed E-state index contributed by atoms with van der Waals surface area (Å²) in [6.07, 6.45) is 4.92. The van der Waals surface area contributed by atoms with Crippen molar-refractivity contribution in [3.05, 3.63) is 48.6 Å². The van der Waals surface area contributed by atoms with Crippen LogP contribution in [0.5, 0.6) is 0 Å². The van der Waals surface area contributed by atoms with E-state index in [-0.39, 0.29) is 17.4 Å². The van der Waals surface area contributed by atoms with E-state index in [1.165, 1.54) is 6.26 Å². The standard InChI is InChI=1S/C21H21N7O3/c1-27-17-8-15(18(7-12(17)9-24-27)28-6-4-13(29)10-28)25-20(30)16-11-31-21(26-16)14-3-2-5-23-19(14)22/h2-3,5,7-9,11,13,29H,4,6,10H2,1H3,(H2,22,23)(H,25,30). The number of β-amino-alcohol motifs (C(OH)–C–C–N with tert-alkyl or cyclic N) is 1. The molecule has 1 atom stereocenters. The summed E-state index contributed by atoms with van der Waals surface area (Å²) < 4.78 is 7.20. The third kappa shape index (κ3) is 3.46. The number of aromatic nitrogens is 4. The zero-order chi connectivity index (χ0) is 21.5. The average Bonchev–Trinajstić information content (AvgIpc) is 3.49. The summed E-state index contributed by atoms with van der Waals surface area (Å²) in [7, 11) is 1.84. The first kappa shape index (κ1) is 19.1. The van der Waals surface area contributed by atoms with Crippen LogP contribution in [0.1, 0.15) is 16.9 Å². The number of hydrogen-bond donors (Lipinski definition) is 3. The summed E-state index contributed by atoms with van der Waals surface area (Å²) in [4.78, 5) is 23.3. The predicted molar refractivity (Wildman–Crippen MR) is 116 cm³/mol. The van der Waals surface area contributed by atoms with Crippen LogP contribution in [-0.4, -0.2) is 50.0 Å². The van der Waals surface area contributed by atoms with Gasteiger partial charge in [0.2, 0.25) is 5.89 Å². The fraction of sp³-hybridized carbons (Fsp3) is 0.238. The minimum Gasteiger partial charge on any atom is -0.443 e. The van der Waals surface area contributed by atoms with Gasteiger partial charge in [0.1, 0.15) is 12.1 Å². The number of rotatable bonds is 4. The molecule has 4 N–H and O–H groups in total. The van der Waals surface area contributed by atoms with Crippen LogP contribution in [0.15, 0.2) is 47.3 Å². The molecule has 1 aromatic carbocycles. The van der Waals surface area contributed by atoms with E-state index in [9.17, 15) is 9.90 Å². The molecule has 3 aromatic heterocycles. The van der Waals surface area contributed by atoms with Gasteiger partial charge in [0.05, 0.1) is 34.8 Å². The number of amides is 1. The van der Waals surface area contributed by atoms with Crippen molar-refractivity contribution in [1.29, 1.82) is 0 Å². The number of hydrogen-bond acceptors (Lipinski definition) is 8. The molecule has 0 radical (unpaired) electrons. The van der Waals surface area contributed by atoms with Gasteiger partial charge in [-0.2, -0.15) is 5.10 Å². The molecule has 4 heterocycles. The number of fused-ring (bicyclic) bond motifs is 1. The Morgan fingerprint density at radius 3 is 3.03 bits per heavy atom. The number of aliphatic hydroxyl groups is 1. The Labute approximate surface area is 177 Å². The Morgan fingerprint density at radius 1 is 1.39 bits per heavy atom. The number of aryl methyl sites for hydroxylation is 1. The number of oxazole rings is 1. The lowest BCUT2D eigenvalue weighted by Gasteiger charge is -2.22. The first-order valence-electron chi connectivity index (χ1n) is 9.86. The van der Waals surface area contributed by atoms with Gasteiger partial charge in [0.25, 0.3) is 5.91 Å². The summed E-state index contributed by atoms with van der Waals surface area (Å²) >= 11 is 0. The molecular weight excluding hydrogens is 398 g/mol. The lowest BCUT2D eigenvalue weighted by Crippen LogP contribution is -2.23. The fourth-order valence-corrected chi connectivity index (χ4v) is 3.80. The number of carbonyl (C=O) groups is 1. The molecule has 1 aliphatic rings. The quantitative estimate of drug-likeness (QED) is 0.457. The number of carbonyl (C=O) groups excluding carboxylic acids is 1. The van der Waals surface area contributed by atoms with Crippen molar-refractivity contribution in [2.75, 3.05) is 29.0 Å². The summed E-state index contributed by atoms with van der Waals surface area (Å²) in [6, 6.07) is 7.29. The van der Waals surface area contributed by atoms with Crippen LogP contribution in [0, 0.1) is 0 Å². The highest BCUT2D eigenvalue weighted by Crippen LogP contribution is 2.34. The molecule has 10 nitrogen and oxygen atoms in total. The Bertz CT molecular complexity index is 1280. The first-order valence-corrected chi connectivity index (χ1v) is 9.86. The normalized spacial score (nSPS) is 16.2. The molecule has 0 spiro atoms. The van der Waals surface area contributed by atoms with Gasteiger partial charge in [-0.3, -0.25) is 9.48 Å². The molecule has 1 unspecified atom stereocenters. The van der Waals surface area contributed by atoms with Crippen LogP contribution >= 0.6 is 0 Å². The van der Waals surface area contributed by atoms with Crippen molar-refractivity contribution < 1.29 is 14.3 Å². The highest BCUT2D eigenvalue weighted by molar-refractivity contribution is 6.06. The Hall–Kier alpha value is -3.92. The second-order valence-electron chi connectivity index (χ2n) is 7.51. The Balaban J connectivity index is 1.48. The third-order valence-electron chi connectivity index (χ3n) is 5.42. The molecule has 1 amide bonds. The molecule has 10 heteroatoms. The van der Waals surface area contributed by atoms with Crippen LogP contribution in [0.25, 0.3) is 22.4 Å². The molecule has 0 bridgehead atoms. The number of nitrogens with zero attached hydrogens (tertiary/aromatic N) is 5. The van der Waals surface area contributed by atoms with Gasteiger partial charge >= 0.3 is 0 Å². The van der Waals surface area contributed by atoms with Crippen molar-refractivity contribution in [2.24, 2.45) is 7.05 Å². The lowest BCUT2D eigenvalue weighted by molar-refractivity contribution is 0.102. The minimum atomic E-state index is -0.417. The predicted octanol–water partition coefficient (Wildman–Crippen LogP) is 2.03. The zero-order valence-corrected chi connectivity index (χ0v) is 16.8. The molecule has 31 heavy (non-hydrogen) atoms. The van der Waals surface area contributed by atoms with E-state index in [1.54, 1.807) is 29.2 Å². The summed E-state index contributed by atoms with van der Waals surface area (Å²) in [6.45, 7) is 1.20. The van der Waals surface area contributed by atoms with Crippen LogP contribution < -0.4 is 16.0 Å². The van der Waals surface area contributed by atoms with Crippen molar-refractivity contribution in [2.45, 2.75) is 12.5 Å². The van der Waals surface area contributed by atoms with E-state index >= 15 is 0 Å². The fourth-order valence-electron chi connectivity index (χ4n) is 3.80. The van der Waals surface area contributed by atoms with Crippen LogP contribution in [-0.2, 0) is 7.05 Å². The summed E-state index contributed by atoms with van der Waals surface area (Å²) in [5.41, 5.74) is 8.83. The van der Waals surface area contributed by atoms with E-state index in [1.807, 2.05) is 19.2 Å². The highest BCUT2D eigenvalue weighted by Gasteiger charge is 2.25. The number of nitrogens with one attached hydrogen (secondary N) is 1. The topological polar surface area (TPSA) is 135 Å². The molecule has 1 aliphatic heterocycles. The van der Waals surface area contributed by atoms with Crippen molar-refractivity contribution in [1.82, 2.24) is 19.7 Å². The second-order valence-corrected chi connectivity index (χ2v) is 7.51. The van der Waals surface area contributed by atoms with Crippen LogP contribution in [0.3, 0.4) is 0 Å². The highest BCUT2D eigenvalue weighted by atomic mass is 16.3. The number of anilines is 3. The van der Waals surface area contributed by atoms with E-state index in [2.05, 4.69) is 25.3 Å². The number of nitrogen functional groups attached to an aromatic ring is 1. The first-order chi connectivity index (χ1) is 15.0. The number of benzene rings is 1. The SMILES string of the molecule is Cn1ncc2cc(N3CCC(O)C3)c(NC(=O)c3coc(-c4cccnc4N)n3)cc21. The van der Waals surface area contributed by atoms with Crippen molar-refractivity contribution in [3.63, 3.8) is 0 Å². The van der Waals surface area contributed by atoms with Gasteiger partial charge in [-0.1, -0.05) is 0 Å². The van der Waals surface area contributed by atoms with E-state index in [0.29, 0.717) is 30.8 Å². The Morgan fingerprint density at radius 2 is 2.26 bits per heavy atom. The molecule has 5 rings (SSSR count). The molecule has 1 fully saturated rings. The number of aliphatic hydroxyl groups excluding tert-OH is 1. The van der Waals surface area contributed by atoms with E-state index in [4.69, 9.17) is 10.2 Å². The smallest absolute Gasteiger partial charge is 0.277 e. The average molecular weight is 419 g/mol. The molecule has 0 aliphatic carbocycles. The molecular formula is C21H21N7O3. The maximum Gasteiger partial charge on any atom is 0.277 e. The molecule has 1 saturated heterocycles. The van der Waals surface area contributed by atoms with Gasteiger partial charge in [0.15, 0.2) is 5.69 Å². The van der Waals surface area contributed by atoms with Crippen molar-refractivity contribution in [3.8, 4) is 11.5 Å². The molecule has 4 aromatic rings. The Kier molecular flexibility index (Phi) is 4.55. The van der Waals surface area contributed by atoms with E-state index in [0.717, 1.165) is 16.6 Å². The van der Waals surface area contributed by atoms with E-state index < -0.39 is 12.0 Å². The maximum atomic E-state index is 13.0. The van der Waals surface area contributed by atoms with Gasteiger partial charge in [-0.05, 0) is 30.7 Å². The molecule has 158 valence electrons. The maximum absolute atomic E-state index is 13.0. The van der Waals surface area contributed by atoms with Crippen LogP contribution in [0.2, 0.25) is 0 Å². The lowest BCUT2D eigenvalue weighted by atomic mass is 10.1. The third-order valence-corrected chi connectivity index (χ3v) is 5.42. The zero-order valence-electron chi connectivity index (χ0n) is 16.8. The molecule has 0 saturated carbocycles. The monoisotopic (exact) mass is 419 g/mol. The summed E-state index contributed by atoms with van der Waals surface area (Å²) in [5.74, 6) is 0.0774. The number of nitrogens with two attached hydrogens (primary N) is 1. The van der Waals surface area contributed by atoms with Gasteiger partial charge in [-0.15, -0.1) is 0 Å². The minimum absolute atomic E-state index is 0.121. The van der Waals surface area contributed by atoms with Gasteiger partial charge < -0.3 is 25.5 Å². The summed E-state index contributed by atoms with van der Waals surface area (Å²) in [5, 5.41) is 18.2. The van der Waals surface area contributed by atoms with Gasteiger partial charge in [-0.25, -0.2) is 9.97 Å². The number of pyridine rings is 1. The van der Waals surface area contributed by atoms with Gasteiger partial charge in [0, 0.05) is 31.7 Å². The second kappa shape index (κ2) is 7.40. The van der Waals surface area contributed by atoms with Crippen LogP contribution in [0.4, 0.5) is 17.2 Å².